The normalized spacial score (nSPS) is 19.0. The lowest BCUT2D eigenvalue weighted by Crippen LogP contribution is -2.36. The first kappa shape index (κ1) is 18.6. The third-order valence-corrected chi connectivity index (χ3v) is 5.07. The molecule has 1 aliphatic heterocycles. The monoisotopic (exact) mass is 438 g/mol. The molecule has 26 heavy (non-hydrogen) atoms. The van der Waals surface area contributed by atoms with Gasteiger partial charge in [-0.05, 0) is 24.3 Å². The van der Waals surface area contributed by atoms with Gasteiger partial charge in [0.2, 0.25) is 10.0 Å². The summed E-state index contributed by atoms with van der Waals surface area (Å²) < 4.78 is 26.0. The van der Waals surface area contributed by atoms with Crippen molar-refractivity contribution in [1.29, 1.82) is 0 Å². The predicted molar refractivity (Wildman–Crippen MR) is 101 cm³/mol. The van der Waals surface area contributed by atoms with Crippen LogP contribution in [0.25, 0.3) is 0 Å². The zero-order valence-corrected chi connectivity index (χ0v) is 16.0. The van der Waals surface area contributed by atoms with E-state index in [1.807, 2.05) is 0 Å². The lowest BCUT2D eigenvalue weighted by Gasteiger charge is -2.20. The molecule has 0 spiro atoms. The number of carbonyl (C=O) groups is 2. The molecule has 3 N–H and O–H groups in total. The molecule has 0 radical (unpaired) electrons. The zero-order valence-electron chi connectivity index (χ0n) is 13.6. The Balaban J connectivity index is 1.96. The number of halogens is 1. The van der Waals surface area contributed by atoms with Crippen molar-refractivity contribution >= 4 is 49.0 Å². The number of rotatable bonds is 5. The number of ketones is 1. The second-order valence-electron chi connectivity index (χ2n) is 6.02. The number of amides is 1. The van der Waals surface area contributed by atoms with Crippen LogP contribution in [0.5, 0.6) is 0 Å². The molecule has 1 amide bonds. The maximum absolute atomic E-state index is 12.8. The van der Waals surface area contributed by atoms with Crippen molar-refractivity contribution in [2.45, 2.75) is 12.0 Å². The topological polar surface area (TPSA) is 113 Å². The van der Waals surface area contributed by atoms with E-state index in [2.05, 4.69) is 26.0 Å². The predicted octanol–water partition coefficient (Wildman–Crippen LogP) is 2.23. The number of Topliss-reactive ketones (excluding diaryl/α,β-unsaturated/α-hetero) is 1. The minimum absolute atomic E-state index is 0.0738. The van der Waals surface area contributed by atoms with Crippen LogP contribution in [-0.2, 0) is 20.4 Å². The number of aliphatic hydroxyl groups is 1. The van der Waals surface area contributed by atoms with Crippen LogP contribution in [0.4, 0.5) is 11.4 Å². The van der Waals surface area contributed by atoms with E-state index >= 15 is 0 Å². The summed E-state index contributed by atoms with van der Waals surface area (Å²) in [5, 5.41) is 13.4. The van der Waals surface area contributed by atoms with E-state index in [-0.39, 0.29) is 11.3 Å². The number of carbonyl (C=O) groups excluding carboxylic acids is 2. The molecule has 1 atom stereocenters. The van der Waals surface area contributed by atoms with Gasteiger partial charge >= 0.3 is 0 Å². The Morgan fingerprint density at radius 2 is 1.96 bits per heavy atom. The molecule has 0 aliphatic carbocycles. The van der Waals surface area contributed by atoms with Gasteiger partial charge in [-0.2, -0.15) is 0 Å². The third kappa shape index (κ3) is 3.50. The average molecular weight is 439 g/mol. The number of para-hydroxylation sites is 1. The Morgan fingerprint density at radius 3 is 2.65 bits per heavy atom. The van der Waals surface area contributed by atoms with Gasteiger partial charge in [-0.3, -0.25) is 14.3 Å². The largest absolute Gasteiger partial charge is 0.375 e. The van der Waals surface area contributed by atoms with Crippen LogP contribution < -0.4 is 10.0 Å². The van der Waals surface area contributed by atoms with Crippen LogP contribution in [0.2, 0.25) is 0 Å². The molecule has 9 heteroatoms. The number of anilines is 2. The summed E-state index contributed by atoms with van der Waals surface area (Å²) in [5.74, 6) is -1.27. The minimum Gasteiger partial charge on any atom is -0.375 e. The van der Waals surface area contributed by atoms with Crippen LogP contribution in [-0.4, -0.2) is 31.5 Å². The highest BCUT2D eigenvalue weighted by atomic mass is 79.9. The number of fused-ring (bicyclic) bond motifs is 1. The molecule has 2 aromatic carbocycles. The van der Waals surface area contributed by atoms with Gasteiger partial charge in [0.15, 0.2) is 11.4 Å². The highest BCUT2D eigenvalue weighted by Gasteiger charge is 2.47. The maximum Gasteiger partial charge on any atom is 0.261 e. The molecule has 0 bridgehead atoms. The lowest BCUT2D eigenvalue weighted by molar-refractivity contribution is -0.133. The fourth-order valence-electron chi connectivity index (χ4n) is 2.85. The molecule has 1 heterocycles. The molecule has 3 rings (SSSR count). The van der Waals surface area contributed by atoms with E-state index in [4.69, 9.17) is 0 Å². The van der Waals surface area contributed by atoms with Crippen molar-refractivity contribution < 1.29 is 23.1 Å². The van der Waals surface area contributed by atoms with E-state index < -0.39 is 33.7 Å². The number of benzene rings is 2. The first-order valence-electron chi connectivity index (χ1n) is 7.54. The van der Waals surface area contributed by atoms with Crippen molar-refractivity contribution in [3.05, 3.63) is 58.1 Å². The van der Waals surface area contributed by atoms with Crippen LogP contribution in [0.3, 0.4) is 0 Å². The van der Waals surface area contributed by atoms with Crippen LogP contribution in [0.15, 0.2) is 46.9 Å². The molecular weight excluding hydrogens is 424 g/mol. The van der Waals surface area contributed by atoms with E-state index in [0.29, 0.717) is 11.3 Å². The summed E-state index contributed by atoms with van der Waals surface area (Å²) in [6.45, 7) is 0. The molecule has 0 aromatic heterocycles. The summed E-state index contributed by atoms with van der Waals surface area (Å²) in [4.78, 5) is 25.1. The molecule has 0 saturated heterocycles. The second kappa shape index (κ2) is 6.49. The smallest absolute Gasteiger partial charge is 0.261 e. The van der Waals surface area contributed by atoms with Gasteiger partial charge in [0, 0.05) is 21.3 Å². The Labute approximate surface area is 158 Å². The molecule has 0 fully saturated rings. The molecular formula is C17H15BrN2O5S. The lowest BCUT2D eigenvalue weighted by atomic mass is 9.88. The van der Waals surface area contributed by atoms with Crippen molar-refractivity contribution in [2.75, 3.05) is 16.3 Å². The summed E-state index contributed by atoms with van der Waals surface area (Å²) in [6, 6.07) is 10.9. The maximum atomic E-state index is 12.8. The van der Waals surface area contributed by atoms with Gasteiger partial charge in [-0.25, -0.2) is 8.42 Å². The first-order valence-corrected chi connectivity index (χ1v) is 10.2. The Morgan fingerprint density at radius 1 is 1.27 bits per heavy atom. The summed E-state index contributed by atoms with van der Waals surface area (Å²) in [6.07, 6.45) is 0.455. The fraction of sp³-hybridized carbons (Fsp3) is 0.176. The highest BCUT2D eigenvalue weighted by Crippen LogP contribution is 2.40. The highest BCUT2D eigenvalue weighted by molar-refractivity contribution is 9.10. The molecule has 1 aliphatic rings. The Kier molecular flexibility index (Phi) is 4.63. The van der Waals surface area contributed by atoms with Crippen molar-refractivity contribution in [1.82, 2.24) is 0 Å². The quantitative estimate of drug-likeness (QED) is 0.619. The molecule has 136 valence electrons. The van der Waals surface area contributed by atoms with Gasteiger partial charge < -0.3 is 10.4 Å². The molecule has 2 aromatic rings. The molecule has 1 unspecified atom stereocenters. The van der Waals surface area contributed by atoms with Gasteiger partial charge in [0.05, 0.1) is 18.4 Å². The summed E-state index contributed by atoms with van der Waals surface area (Å²) in [5.41, 5.74) is -1.14. The van der Waals surface area contributed by atoms with Crippen LogP contribution in [0.1, 0.15) is 22.3 Å². The van der Waals surface area contributed by atoms with Crippen molar-refractivity contribution in [3.63, 3.8) is 0 Å². The standard InChI is InChI=1S/C17H15BrN2O5S/c1-26(24,25)20-13-5-3-2-4-11(13)15(21)9-17(23)12-7-6-10(18)8-14(12)19-16(17)22/h2-8,20,23H,9H2,1H3,(H,19,22). The number of sulfonamides is 1. The van der Waals surface area contributed by atoms with Crippen molar-refractivity contribution in [3.8, 4) is 0 Å². The molecule has 7 nitrogen and oxygen atoms in total. The molecule has 0 saturated carbocycles. The second-order valence-corrected chi connectivity index (χ2v) is 8.69. The van der Waals surface area contributed by atoms with E-state index in [9.17, 15) is 23.1 Å². The average Bonchev–Trinajstić information content (AvgIpc) is 2.76. The first-order chi connectivity index (χ1) is 12.1. The van der Waals surface area contributed by atoms with Crippen LogP contribution in [0, 0.1) is 0 Å². The van der Waals surface area contributed by atoms with Crippen LogP contribution >= 0.6 is 15.9 Å². The zero-order chi connectivity index (χ0) is 19.1. The Bertz CT molecular complexity index is 1020. The minimum atomic E-state index is -3.59. The number of hydrogen-bond acceptors (Lipinski definition) is 5. The van der Waals surface area contributed by atoms with E-state index in [0.717, 1.165) is 10.7 Å². The van der Waals surface area contributed by atoms with Gasteiger partial charge in [0.1, 0.15) is 0 Å². The SMILES string of the molecule is CS(=O)(=O)Nc1ccccc1C(=O)CC1(O)C(=O)Nc2cc(Br)ccc21. The number of nitrogens with one attached hydrogen (secondary N) is 2. The van der Waals surface area contributed by atoms with E-state index in [1.165, 1.54) is 12.1 Å². The summed E-state index contributed by atoms with van der Waals surface area (Å²) in [7, 11) is -3.59. The van der Waals surface area contributed by atoms with Gasteiger partial charge in [-0.15, -0.1) is 0 Å². The Hall–Kier alpha value is -2.23. The summed E-state index contributed by atoms with van der Waals surface area (Å²) >= 11 is 3.28. The van der Waals surface area contributed by atoms with Crippen molar-refractivity contribution in [2.24, 2.45) is 0 Å². The van der Waals surface area contributed by atoms with E-state index in [1.54, 1.807) is 30.3 Å². The van der Waals surface area contributed by atoms with Gasteiger partial charge in [-0.1, -0.05) is 34.1 Å². The number of hydrogen-bond donors (Lipinski definition) is 3. The third-order valence-electron chi connectivity index (χ3n) is 3.99. The van der Waals surface area contributed by atoms with Gasteiger partial charge in [0.25, 0.3) is 5.91 Å². The fourth-order valence-corrected chi connectivity index (χ4v) is 3.79.